The number of carbonyl (C=O) groups is 1. The fraction of sp³-hybridized carbons (Fsp3) is 0.629. The molecule has 0 amide bonds. The van der Waals surface area contributed by atoms with E-state index in [4.69, 9.17) is 40.0 Å². The number of hydrogen-bond donors (Lipinski definition) is 0. The van der Waals surface area contributed by atoms with Gasteiger partial charge in [0.25, 0.3) is 0 Å². The summed E-state index contributed by atoms with van der Waals surface area (Å²) in [6.07, 6.45) is 4.36. The van der Waals surface area contributed by atoms with Crippen molar-refractivity contribution in [2.45, 2.75) is 102 Å². The average molecular weight is 745 g/mol. The van der Waals surface area contributed by atoms with Crippen LogP contribution in [0, 0.1) is 0 Å². The van der Waals surface area contributed by atoms with Gasteiger partial charge in [-0.1, -0.05) is 111 Å². The lowest BCUT2D eigenvalue weighted by Gasteiger charge is -2.56. The molecule has 0 bridgehead atoms. The molecule has 44 heavy (non-hydrogen) atoms. The molecule has 1 heterocycles. The molecule has 5 atom stereocenters. The van der Waals surface area contributed by atoms with Crippen molar-refractivity contribution in [1.82, 2.24) is 0 Å². The van der Waals surface area contributed by atoms with Gasteiger partial charge in [-0.2, -0.15) is 0 Å². The van der Waals surface area contributed by atoms with Gasteiger partial charge in [-0.05, 0) is 48.9 Å². The van der Waals surface area contributed by atoms with Crippen LogP contribution in [0.25, 0.3) is 0 Å². The summed E-state index contributed by atoms with van der Waals surface area (Å²) in [5.74, 6) is -1.80. The Morgan fingerprint density at radius 1 is 0.909 bits per heavy atom. The Morgan fingerprint density at radius 3 is 2.09 bits per heavy atom. The summed E-state index contributed by atoms with van der Waals surface area (Å²) in [7, 11) is 1.63. The van der Waals surface area contributed by atoms with Gasteiger partial charge in [0.1, 0.15) is 30.5 Å². The van der Waals surface area contributed by atoms with Gasteiger partial charge < -0.3 is 28.4 Å². The van der Waals surface area contributed by atoms with Crippen molar-refractivity contribution in [2.24, 2.45) is 0 Å². The van der Waals surface area contributed by atoms with Crippen LogP contribution in [0.1, 0.15) is 82.9 Å². The highest BCUT2D eigenvalue weighted by molar-refractivity contribution is 14.1. The van der Waals surface area contributed by atoms with Gasteiger partial charge in [0, 0.05) is 48.9 Å². The summed E-state index contributed by atoms with van der Waals surface area (Å²) in [5, 5.41) is 0.653. The fourth-order valence-electron chi connectivity index (χ4n) is 5.51. The van der Waals surface area contributed by atoms with Gasteiger partial charge in [-0.15, -0.1) is 0 Å². The van der Waals surface area contributed by atoms with E-state index in [0.29, 0.717) is 35.7 Å². The first-order valence-corrected chi connectivity index (χ1v) is 17.8. The normalized spacial score (nSPS) is 25.2. The van der Waals surface area contributed by atoms with Crippen LogP contribution < -0.4 is 0 Å². The third-order valence-electron chi connectivity index (χ3n) is 7.98. The van der Waals surface area contributed by atoms with Gasteiger partial charge in [-0.25, -0.2) is 0 Å². The molecule has 2 aromatic carbocycles. The largest absolute Gasteiger partial charge is 0.463 e. The number of carbonyl (C=O) groups excluding carboxylic acids is 1. The van der Waals surface area contributed by atoms with Crippen molar-refractivity contribution >= 4 is 40.2 Å². The van der Waals surface area contributed by atoms with E-state index in [2.05, 4.69) is 55.5 Å². The Bertz CT molecular complexity index is 1140. The second-order valence-electron chi connectivity index (χ2n) is 11.4. The highest BCUT2D eigenvalue weighted by Crippen LogP contribution is 2.48. The maximum absolute atomic E-state index is 12.2. The summed E-state index contributed by atoms with van der Waals surface area (Å²) in [4.78, 5) is 12.2. The van der Waals surface area contributed by atoms with Crippen LogP contribution in [0.2, 0.25) is 5.02 Å². The molecule has 0 unspecified atom stereocenters. The van der Waals surface area contributed by atoms with E-state index in [-0.39, 0.29) is 6.61 Å². The molecule has 0 radical (unpaired) electrons. The molecule has 1 fully saturated rings. The monoisotopic (exact) mass is 744 g/mol. The molecule has 246 valence electrons. The minimum Gasteiger partial charge on any atom is -0.463 e. The van der Waals surface area contributed by atoms with E-state index < -0.39 is 35.7 Å². The lowest BCUT2D eigenvalue weighted by atomic mass is 9.81. The SMILES string of the molecule is CCCCO[C@@H]1[C@@H](OCCCC)[C@](OC)(c2ccc(Cl)c(Cc3ccccc3)c2)O[C@](CI)(COC(C)=O)[C@H]1OCCCC. The number of rotatable bonds is 19. The summed E-state index contributed by atoms with van der Waals surface area (Å²) in [5.41, 5.74) is 1.74. The molecular weight excluding hydrogens is 695 g/mol. The molecule has 1 saturated heterocycles. The Kier molecular flexibility index (Phi) is 15.9. The number of ether oxygens (including phenoxy) is 6. The lowest BCUT2D eigenvalue weighted by Crippen LogP contribution is -2.72. The summed E-state index contributed by atoms with van der Waals surface area (Å²) in [6.45, 7) is 9.30. The quantitative estimate of drug-likeness (QED) is 0.0624. The van der Waals surface area contributed by atoms with Gasteiger partial charge in [0.2, 0.25) is 5.79 Å². The van der Waals surface area contributed by atoms with Crippen LogP contribution in [0.15, 0.2) is 48.5 Å². The first-order chi connectivity index (χ1) is 21.3. The van der Waals surface area contributed by atoms with Crippen molar-refractivity contribution in [3.05, 3.63) is 70.2 Å². The molecule has 1 aliphatic rings. The van der Waals surface area contributed by atoms with E-state index in [1.807, 2.05) is 36.4 Å². The van der Waals surface area contributed by atoms with Crippen molar-refractivity contribution < 1.29 is 33.2 Å². The molecular formula is C35H50ClIO7. The van der Waals surface area contributed by atoms with Crippen LogP contribution >= 0.6 is 34.2 Å². The minimum absolute atomic E-state index is 0.0209. The van der Waals surface area contributed by atoms with E-state index in [1.165, 1.54) is 6.92 Å². The van der Waals surface area contributed by atoms with Crippen molar-refractivity contribution in [3.63, 3.8) is 0 Å². The second kappa shape index (κ2) is 18.8. The molecule has 1 aliphatic heterocycles. The Labute approximate surface area is 282 Å². The maximum Gasteiger partial charge on any atom is 0.302 e. The number of hydrogen-bond acceptors (Lipinski definition) is 7. The van der Waals surface area contributed by atoms with E-state index in [1.54, 1.807) is 7.11 Å². The topological polar surface area (TPSA) is 72.5 Å². The van der Waals surface area contributed by atoms with E-state index in [9.17, 15) is 4.79 Å². The predicted molar refractivity (Wildman–Crippen MR) is 183 cm³/mol. The number of methoxy groups -OCH3 is 1. The molecule has 7 nitrogen and oxygen atoms in total. The maximum atomic E-state index is 12.2. The van der Waals surface area contributed by atoms with Crippen molar-refractivity contribution in [2.75, 3.05) is 38.0 Å². The van der Waals surface area contributed by atoms with Gasteiger partial charge in [-0.3, -0.25) is 4.79 Å². The number of unbranched alkanes of at least 4 members (excludes halogenated alkanes) is 3. The molecule has 9 heteroatoms. The van der Waals surface area contributed by atoms with Crippen LogP contribution in [-0.4, -0.2) is 67.8 Å². The van der Waals surface area contributed by atoms with Gasteiger partial charge >= 0.3 is 5.97 Å². The van der Waals surface area contributed by atoms with Crippen LogP contribution in [0.5, 0.6) is 0 Å². The number of alkyl halides is 1. The number of benzene rings is 2. The highest BCUT2D eigenvalue weighted by Gasteiger charge is 2.64. The zero-order valence-electron chi connectivity index (χ0n) is 26.9. The van der Waals surface area contributed by atoms with Crippen LogP contribution in [-0.2, 0) is 45.4 Å². The highest BCUT2D eigenvalue weighted by atomic mass is 127. The minimum atomic E-state index is -1.41. The molecule has 0 N–H and O–H groups in total. The first-order valence-electron chi connectivity index (χ1n) is 15.9. The molecule has 0 aliphatic carbocycles. The zero-order valence-corrected chi connectivity index (χ0v) is 29.9. The number of esters is 1. The standard InChI is InChI=1S/C35H50ClIO7/c1-6-9-19-40-31-32(41-20-10-7-2)34(24-37,25-43-26(4)38)44-35(39-5,33(31)42-21-11-8-3)29-17-18-30(36)28(23-29)22-27-15-13-12-14-16-27/h12-18,23,31-33H,6-11,19-22,24-25H2,1-5H3/t31-,32-,33+,34+,35-/m0/s1. The smallest absolute Gasteiger partial charge is 0.302 e. The lowest BCUT2D eigenvalue weighted by molar-refractivity contribution is -0.405. The first kappa shape index (κ1) is 37.2. The summed E-state index contributed by atoms with van der Waals surface area (Å²) >= 11 is 9.06. The summed E-state index contributed by atoms with van der Waals surface area (Å²) < 4.78 is 39.9. The average Bonchev–Trinajstić information content (AvgIpc) is 3.03. The Balaban J connectivity index is 2.22. The number of halogens is 2. The van der Waals surface area contributed by atoms with Crippen LogP contribution in [0.4, 0.5) is 0 Å². The van der Waals surface area contributed by atoms with Gasteiger partial charge in [0.15, 0.2) is 0 Å². The van der Waals surface area contributed by atoms with E-state index >= 15 is 0 Å². The van der Waals surface area contributed by atoms with E-state index in [0.717, 1.165) is 55.2 Å². The third-order valence-corrected chi connectivity index (χ3v) is 9.64. The molecule has 3 rings (SSSR count). The molecule has 2 aromatic rings. The third kappa shape index (κ3) is 9.39. The molecule has 0 aromatic heterocycles. The van der Waals surface area contributed by atoms with Crippen molar-refractivity contribution in [3.8, 4) is 0 Å². The summed E-state index contributed by atoms with van der Waals surface area (Å²) in [6, 6.07) is 16.1. The fourth-order valence-corrected chi connectivity index (χ4v) is 6.50. The molecule has 0 saturated carbocycles. The zero-order chi connectivity index (χ0) is 32.0. The second-order valence-corrected chi connectivity index (χ2v) is 12.6. The predicted octanol–water partition coefficient (Wildman–Crippen LogP) is 8.05. The van der Waals surface area contributed by atoms with Gasteiger partial charge in [0.05, 0.1) is 0 Å². The molecule has 0 spiro atoms. The Morgan fingerprint density at radius 2 is 1.52 bits per heavy atom. The van der Waals surface area contributed by atoms with Crippen LogP contribution in [0.3, 0.4) is 0 Å². The Hall–Kier alpha value is -1.27. The van der Waals surface area contributed by atoms with Crippen molar-refractivity contribution in [1.29, 1.82) is 0 Å².